The zero-order valence-corrected chi connectivity index (χ0v) is 17.7. The molecule has 9 heteroatoms. The zero-order chi connectivity index (χ0) is 19.9. The van der Waals surface area contributed by atoms with E-state index < -0.39 is 0 Å². The number of esters is 1. The van der Waals surface area contributed by atoms with Gasteiger partial charge < -0.3 is 14.5 Å². The summed E-state index contributed by atoms with van der Waals surface area (Å²) in [4.78, 5) is 31.5. The number of hydrogen-bond donors (Lipinski definition) is 1. The molecule has 2 aromatic rings. The van der Waals surface area contributed by atoms with Gasteiger partial charge in [-0.2, -0.15) is 0 Å². The topological polar surface area (TPSA) is 94.3 Å². The van der Waals surface area contributed by atoms with Gasteiger partial charge in [0.1, 0.15) is 5.76 Å². The van der Waals surface area contributed by atoms with Crippen LogP contribution in [0.25, 0.3) is 0 Å². The first-order valence-electron chi connectivity index (χ1n) is 8.68. The van der Waals surface area contributed by atoms with Crippen molar-refractivity contribution < 1.29 is 18.7 Å². The summed E-state index contributed by atoms with van der Waals surface area (Å²) in [7, 11) is 1.36. The van der Waals surface area contributed by atoms with Gasteiger partial charge in [0.05, 0.1) is 29.5 Å². The number of carbonyl (C=O) groups excluding carboxylic acids is 2. The van der Waals surface area contributed by atoms with Crippen molar-refractivity contribution in [1.82, 2.24) is 9.97 Å². The van der Waals surface area contributed by atoms with Crippen molar-refractivity contribution in [2.75, 3.05) is 12.4 Å². The summed E-state index contributed by atoms with van der Waals surface area (Å²) < 4.78 is 11.3. The van der Waals surface area contributed by atoms with Crippen LogP contribution in [0, 0.1) is 0 Å². The SMILES string of the molecule is COC(=O)CCCCC(=O)Nc1ncc(SCc2ncc(C(C)(C)C)o2)s1. The smallest absolute Gasteiger partial charge is 0.305 e. The fourth-order valence-corrected chi connectivity index (χ4v) is 3.82. The summed E-state index contributed by atoms with van der Waals surface area (Å²) >= 11 is 2.99. The molecule has 0 aliphatic heterocycles. The first kappa shape index (κ1) is 21.4. The lowest BCUT2D eigenvalue weighted by Crippen LogP contribution is -2.11. The lowest BCUT2D eigenvalue weighted by atomic mass is 9.94. The monoisotopic (exact) mass is 411 g/mol. The Kier molecular flexibility index (Phi) is 7.85. The second kappa shape index (κ2) is 9.89. The number of methoxy groups -OCH3 is 1. The maximum Gasteiger partial charge on any atom is 0.305 e. The van der Waals surface area contributed by atoms with Gasteiger partial charge in [-0.05, 0) is 12.8 Å². The Balaban J connectivity index is 1.73. The lowest BCUT2D eigenvalue weighted by Gasteiger charge is -2.12. The van der Waals surface area contributed by atoms with Crippen molar-refractivity contribution in [2.45, 2.75) is 61.8 Å². The van der Waals surface area contributed by atoms with Crippen LogP contribution in [0.1, 0.15) is 58.1 Å². The van der Waals surface area contributed by atoms with Gasteiger partial charge in [0.15, 0.2) is 5.13 Å². The van der Waals surface area contributed by atoms with Gasteiger partial charge in [0.2, 0.25) is 11.8 Å². The van der Waals surface area contributed by atoms with Crippen molar-refractivity contribution in [3.05, 3.63) is 24.0 Å². The van der Waals surface area contributed by atoms with Crippen LogP contribution in [-0.2, 0) is 25.5 Å². The van der Waals surface area contributed by atoms with Crippen molar-refractivity contribution >= 4 is 40.1 Å². The molecule has 0 fully saturated rings. The second-order valence-electron chi connectivity index (χ2n) is 6.97. The molecule has 0 radical (unpaired) electrons. The van der Waals surface area contributed by atoms with Gasteiger partial charge in [-0.25, -0.2) is 9.97 Å². The van der Waals surface area contributed by atoms with E-state index in [9.17, 15) is 9.59 Å². The molecule has 0 saturated heterocycles. The van der Waals surface area contributed by atoms with Gasteiger partial charge in [0.25, 0.3) is 0 Å². The fraction of sp³-hybridized carbons (Fsp3) is 0.556. The highest BCUT2D eigenvalue weighted by Crippen LogP contribution is 2.31. The Bertz CT molecular complexity index is 765. The molecule has 148 valence electrons. The van der Waals surface area contributed by atoms with Gasteiger partial charge >= 0.3 is 5.97 Å². The number of unbranched alkanes of at least 4 members (excludes halogenated alkanes) is 1. The Morgan fingerprint density at radius 1 is 1.22 bits per heavy atom. The maximum absolute atomic E-state index is 11.9. The quantitative estimate of drug-likeness (QED) is 0.371. The average Bonchev–Trinajstić information content (AvgIpc) is 3.25. The maximum atomic E-state index is 11.9. The van der Waals surface area contributed by atoms with Crippen LogP contribution in [0.15, 0.2) is 21.0 Å². The molecule has 0 aliphatic carbocycles. The second-order valence-corrected chi connectivity index (χ2v) is 9.28. The van der Waals surface area contributed by atoms with Crippen LogP contribution in [0.2, 0.25) is 0 Å². The summed E-state index contributed by atoms with van der Waals surface area (Å²) in [6, 6.07) is 0. The minimum absolute atomic E-state index is 0.0608. The van der Waals surface area contributed by atoms with Crippen molar-refractivity contribution in [3.63, 3.8) is 0 Å². The largest absolute Gasteiger partial charge is 0.469 e. The van der Waals surface area contributed by atoms with Crippen molar-refractivity contribution in [1.29, 1.82) is 0 Å². The number of hydrogen-bond acceptors (Lipinski definition) is 8. The van der Waals surface area contributed by atoms with E-state index >= 15 is 0 Å². The molecule has 0 unspecified atom stereocenters. The highest BCUT2D eigenvalue weighted by Gasteiger charge is 2.19. The molecule has 0 aliphatic rings. The van der Waals surface area contributed by atoms with Crippen LogP contribution >= 0.6 is 23.1 Å². The number of rotatable bonds is 9. The molecular formula is C18H25N3O4S2. The summed E-state index contributed by atoms with van der Waals surface area (Å²) in [5.74, 6) is 1.79. The number of thiazole rings is 1. The van der Waals surface area contributed by atoms with E-state index in [1.54, 1.807) is 24.2 Å². The number of anilines is 1. The van der Waals surface area contributed by atoms with Gasteiger partial charge in [-0.3, -0.25) is 9.59 Å². The van der Waals surface area contributed by atoms with Crippen LogP contribution in [0.3, 0.4) is 0 Å². The van der Waals surface area contributed by atoms with Gasteiger partial charge in [-0.15, -0.1) is 11.8 Å². The summed E-state index contributed by atoms with van der Waals surface area (Å²) in [6.07, 6.45) is 5.45. The van der Waals surface area contributed by atoms with Crippen LogP contribution in [0.4, 0.5) is 5.13 Å². The molecule has 1 amide bonds. The molecule has 0 spiro atoms. The number of amides is 1. The Labute approximate surface area is 167 Å². The summed E-state index contributed by atoms with van der Waals surface area (Å²) in [5.41, 5.74) is -0.0608. The first-order valence-corrected chi connectivity index (χ1v) is 10.5. The third-order valence-electron chi connectivity index (χ3n) is 3.62. The normalized spacial score (nSPS) is 11.4. The van der Waals surface area contributed by atoms with Gasteiger partial charge in [0, 0.05) is 18.3 Å². The number of aromatic nitrogens is 2. The predicted molar refractivity (Wildman–Crippen MR) is 106 cm³/mol. The first-order chi connectivity index (χ1) is 12.8. The number of nitrogens with one attached hydrogen (secondary N) is 1. The number of carbonyl (C=O) groups is 2. The molecular weight excluding hydrogens is 386 g/mol. The minimum atomic E-state index is -0.252. The molecule has 2 aromatic heterocycles. The molecule has 1 N–H and O–H groups in total. The molecule has 0 atom stereocenters. The van der Waals surface area contributed by atoms with E-state index in [4.69, 9.17) is 4.42 Å². The molecule has 2 heterocycles. The number of ether oxygens (including phenoxy) is 1. The van der Waals surface area contributed by atoms with E-state index in [1.165, 1.54) is 18.4 Å². The molecule has 0 bridgehead atoms. The van der Waals surface area contributed by atoms with E-state index in [-0.39, 0.29) is 17.3 Å². The van der Waals surface area contributed by atoms with E-state index in [0.717, 1.165) is 9.97 Å². The molecule has 0 aromatic carbocycles. The average molecular weight is 412 g/mol. The van der Waals surface area contributed by atoms with E-state index in [1.807, 2.05) is 0 Å². The molecule has 27 heavy (non-hydrogen) atoms. The third kappa shape index (κ3) is 7.34. The summed E-state index contributed by atoms with van der Waals surface area (Å²) in [6.45, 7) is 6.24. The summed E-state index contributed by atoms with van der Waals surface area (Å²) in [5, 5.41) is 3.35. The van der Waals surface area contributed by atoms with Crippen molar-refractivity contribution in [3.8, 4) is 0 Å². The molecule has 0 saturated carbocycles. The predicted octanol–water partition coefficient (Wildman–Crippen LogP) is 4.39. The minimum Gasteiger partial charge on any atom is -0.469 e. The van der Waals surface area contributed by atoms with Gasteiger partial charge in [-0.1, -0.05) is 32.1 Å². The van der Waals surface area contributed by atoms with Crippen LogP contribution < -0.4 is 5.32 Å². The third-order valence-corrected chi connectivity index (χ3v) is 5.72. The molecule has 7 nitrogen and oxygen atoms in total. The Morgan fingerprint density at radius 2 is 1.96 bits per heavy atom. The Hall–Kier alpha value is -1.87. The highest BCUT2D eigenvalue weighted by atomic mass is 32.2. The standard InChI is InChI=1S/C18H25N3O4S2/c1-18(2,3)12-9-19-14(25-12)11-26-16-10-20-17(27-16)21-13(22)7-5-6-8-15(23)24-4/h9-10H,5-8,11H2,1-4H3,(H,20,21,22). The number of nitrogens with zero attached hydrogens (tertiary/aromatic N) is 2. The Morgan fingerprint density at radius 3 is 2.63 bits per heavy atom. The van der Waals surface area contributed by atoms with E-state index in [0.29, 0.717) is 42.5 Å². The van der Waals surface area contributed by atoms with Crippen molar-refractivity contribution in [2.24, 2.45) is 0 Å². The highest BCUT2D eigenvalue weighted by molar-refractivity contribution is 8.00. The number of oxazole rings is 1. The zero-order valence-electron chi connectivity index (χ0n) is 16.0. The van der Waals surface area contributed by atoms with E-state index in [2.05, 4.69) is 40.8 Å². The lowest BCUT2D eigenvalue weighted by molar-refractivity contribution is -0.140. The number of thioether (sulfide) groups is 1. The van der Waals surface area contributed by atoms with Crippen LogP contribution in [-0.4, -0.2) is 29.0 Å². The van der Waals surface area contributed by atoms with Crippen LogP contribution in [0.5, 0.6) is 0 Å². The fourth-order valence-electron chi connectivity index (χ4n) is 2.08. The molecule has 2 rings (SSSR count).